The summed E-state index contributed by atoms with van der Waals surface area (Å²) in [4.78, 5) is 0. The molecule has 0 bridgehead atoms. The summed E-state index contributed by atoms with van der Waals surface area (Å²) in [7, 11) is 0. The van der Waals surface area contributed by atoms with E-state index in [2.05, 4.69) is 34.6 Å². The van der Waals surface area contributed by atoms with Gasteiger partial charge in [0.1, 0.15) is 0 Å². The smallest absolute Gasteiger partial charge is 0.0514 e. The zero-order valence-corrected chi connectivity index (χ0v) is 10.7. The number of rotatable bonds is 7. The van der Waals surface area contributed by atoms with Crippen molar-refractivity contribution >= 4 is 0 Å². The van der Waals surface area contributed by atoms with Crippen molar-refractivity contribution < 1.29 is 4.74 Å². The highest BCUT2D eigenvalue weighted by molar-refractivity contribution is 4.61. The Bertz CT molecular complexity index is 124. The molecule has 0 saturated carbocycles. The minimum atomic E-state index is 0.309. The van der Waals surface area contributed by atoms with Crippen LogP contribution < -0.4 is 0 Å². The zero-order valence-electron chi connectivity index (χ0n) is 10.7. The summed E-state index contributed by atoms with van der Waals surface area (Å²) in [6.45, 7) is 13.0. The molecule has 0 radical (unpaired) electrons. The molecule has 0 aromatic carbocycles. The Morgan fingerprint density at radius 2 is 1.79 bits per heavy atom. The van der Waals surface area contributed by atoms with Crippen molar-refractivity contribution in [1.29, 1.82) is 0 Å². The molecular formula is C13H28O. The second-order valence-corrected chi connectivity index (χ2v) is 5.49. The van der Waals surface area contributed by atoms with Crippen molar-refractivity contribution in [3.05, 3.63) is 0 Å². The summed E-state index contributed by atoms with van der Waals surface area (Å²) in [6, 6.07) is 0. The van der Waals surface area contributed by atoms with E-state index in [0.717, 1.165) is 19.1 Å². The molecule has 0 heterocycles. The number of hydrogen-bond donors (Lipinski definition) is 0. The van der Waals surface area contributed by atoms with E-state index in [-0.39, 0.29) is 0 Å². The molecule has 0 aliphatic rings. The Hall–Kier alpha value is -0.0400. The molecule has 0 fully saturated rings. The maximum atomic E-state index is 5.75. The lowest BCUT2D eigenvalue weighted by Gasteiger charge is -2.21. The third-order valence-electron chi connectivity index (χ3n) is 2.43. The van der Waals surface area contributed by atoms with Gasteiger partial charge in [0.2, 0.25) is 0 Å². The topological polar surface area (TPSA) is 9.23 Å². The summed E-state index contributed by atoms with van der Waals surface area (Å²) >= 11 is 0. The fourth-order valence-electron chi connectivity index (χ4n) is 1.43. The largest absolute Gasteiger partial charge is 0.381 e. The average molecular weight is 200 g/mol. The maximum Gasteiger partial charge on any atom is 0.0514 e. The maximum absolute atomic E-state index is 5.75. The molecule has 0 aromatic rings. The predicted molar refractivity (Wildman–Crippen MR) is 63.6 cm³/mol. The number of hydrogen-bond acceptors (Lipinski definition) is 1. The summed E-state index contributed by atoms with van der Waals surface area (Å²) < 4.78 is 5.75. The number of ether oxygens (including phenoxy) is 1. The lowest BCUT2D eigenvalue weighted by atomic mass is 9.98. The minimum Gasteiger partial charge on any atom is -0.381 e. The molecule has 0 N–H and O–H groups in total. The molecule has 1 heteroatoms. The third-order valence-corrected chi connectivity index (χ3v) is 2.43. The number of unbranched alkanes of at least 4 members (excludes halogenated alkanes) is 1. The van der Waals surface area contributed by atoms with Gasteiger partial charge in [-0.25, -0.2) is 0 Å². The van der Waals surface area contributed by atoms with Crippen molar-refractivity contribution in [1.82, 2.24) is 0 Å². The van der Waals surface area contributed by atoms with E-state index in [0.29, 0.717) is 5.41 Å². The van der Waals surface area contributed by atoms with Crippen LogP contribution in [-0.2, 0) is 4.74 Å². The van der Waals surface area contributed by atoms with Crippen LogP contribution in [-0.4, -0.2) is 13.2 Å². The van der Waals surface area contributed by atoms with Gasteiger partial charge in [-0.15, -0.1) is 0 Å². The van der Waals surface area contributed by atoms with Gasteiger partial charge in [-0.3, -0.25) is 0 Å². The molecule has 0 rings (SSSR count). The first-order valence-corrected chi connectivity index (χ1v) is 6.07. The monoisotopic (exact) mass is 200 g/mol. The molecule has 0 aromatic heterocycles. The van der Waals surface area contributed by atoms with Gasteiger partial charge in [-0.1, -0.05) is 53.9 Å². The second-order valence-electron chi connectivity index (χ2n) is 5.49. The highest BCUT2D eigenvalue weighted by Crippen LogP contribution is 2.16. The van der Waals surface area contributed by atoms with Crippen LogP contribution in [0.25, 0.3) is 0 Å². The second kappa shape index (κ2) is 7.28. The van der Waals surface area contributed by atoms with Crippen molar-refractivity contribution in [3.63, 3.8) is 0 Å². The molecule has 0 saturated heterocycles. The molecule has 0 spiro atoms. The Morgan fingerprint density at radius 3 is 2.21 bits per heavy atom. The summed E-state index contributed by atoms with van der Waals surface area (Å²) in [6.07, 6.45) is 5.23. The molecule has 14 heavy (non-hydrogen) atoms. The van der Waals surface area contributed by atoms with Crippen LogP contribution in [0.1, 0.15) is 60.3 Å². The highest BCUT2D eigenvalue weighted by Gasteiger charge is 2.12. The third kappa shape index (κ3) is 8.55. The van der Waals surface area contributed by atoms with Crippen molar-refractivity contribution in [2.45, 2.75) is 60.3 Å². The van der Waals surface area contributed by atoms with E-state index >= 15 is 0 Å². The zero-order chi connectivity index (χ0) is 11.0. The highest BCUT2D eigenvalue weighted by atomic mass is 16.5. The molecular weight excluding hydrogens is 172 g/mol. The van der Waals surface area contributed by atoms with Crippen LogP contribution in [0.2, 0.25) is 0 Å². The van der Waals surface area contributed by atoms with E-state index in [1.807, 2.05) is 0 Å². The van der Waals surface area contributed by atoms with Crippen LogP contribution in [0, 0.1) is 11.3 Å². The lowest BCUT2D eigenvalue weighted by molar-refractivity contribution is 0.0443. The Kier molecular flexibility index (Phi) is 7.26. The van der Waals surface area contributed by atoms with E-state index in [4.69, 9.17) is 4.74 Å². The van der Waals surface area contributed by atoms with Gasteiger partial charge in [0.05, 0.1) is 6.61 Å². The quantitative estimate of drug-likeness (QED) is 0.596. The predicted octanol–water partition coefficient (Wildman–Crippen LogP) is 4.27. The van der Waals surface area contributed by atoms with Gasteiger partial charge in [0.25, 0.3) is 0 Å². The van der Waals surface area contributed by atoms with Crippen LogP contribution >= 0.6 is 0 Å². The molecule has 1 unspecified atom stereocenters. The lowest BCUT2D eigenvalue weighted by Crippen LogP contribution is -2.18. The minimum absolute atomic E-state index is 0.309. The van der Waals surface area contributed by atoms with Crippen molar-refractivity contribution in [2.24, 2.45) is 11.3 Å². The molecule has 1 atom stereocenters. The van der Waals surface area contributed by atoms with E-state index in [9.17, 15) is 0 Å². The molecule has 1 nitrogen and oxygen atoms in total. The molecule has 86 valence electrons. The standard InChI is InChI=1S/C13H28O/c1-6-8-9-12(7-2)10-14-11-13(3,4)5/h12H,6-11H2,1-5H3. The van der Waals surface area contributed by atoms with Gasteiger partial charge in [0, 0.05) is 6.61 Å². The van der Waals surface area contributed by atoms with Crippen LogP contribution in [0.5, 0.6) is 0 Å². The van der Waals surface area contributed by atoms with Gasteiger partial charge >= 0.3 is 0 Å². The van der Waals surface area contributed by atoms with Crippen molar-refractivity contribution in [3.8, 4) is 0 Å². The summed E-state index contributed by atoms with van der Waals surface area (Å²) in [5.74, 6) is 0.775. The van der Waals surface area contributed by atoms with Gasteiger partial charge in [-0.2, -0.15) is 0 Å². The Morgan fingerprint density at radius 1 is 1.14 bits per heavy atom. The van der Waals surface area contributed by atoms with Crippen LogP contribution in [0.3, 0.4) is 0 Å². The summed E-state index contributed by atoms with van der Waals surface area (Å²) in [5.41, 5.74) is 0.309. The average Bonchev–Trinajstić information content (AvgIpc) is 2.09. The van der Waals surface area contributed by atoms with Crippen LogP contribution in [0.4, 0.5) is 0 Å². The van der Waals surface area contributed by atoms with Crippen LogP contribution in [0.15, 0.2) is 0 Å². The molecule has 0 amide bonds. The Labute approximate surface area is 90.2 Å². The molecule has 0 aliphatic carbocycles. The van der Waals surface area contributed by atoms with Crippen molar-refractivity contribution in [2.75, 3.05) is 13.2 Å². The summed E-state index contributed by atoms with van der Waals surface area (Å²) in [5, 5.41) is 0. The van der Waals surface area contributed by atoms with E-state index in [1.165, 1.54) is 25.7 Å². The van der Waals surface area contributed by atoms with Gasteiger partial charge in [-0.05, 0) is 17.8 Å². The first-order valence-electron chi connectivity index (χ1n) is 6.07. The Balaban J connectivity index is 3.52. The first kappa shape index (κ1) is 14.0. The van der Waals surface area contributed by atoms with Gasteiger partial charge in [0.15, 0.2) is 0 Å². The van der Waals surface area contributed by atoms with E-state index in [1.54, 1.807) is 0 Å². The van der Waals surface area contributed by atoms with Gasteiger partial charge < -0.3 is 4.74 Å². The molecule has 0 aliphatic heterocycles. The fourth-order valence-corrected chi connectivity index (χ4v) is 1.43. The first-order chi connectivity index (χ1) is 6.49. The normalized spacial score (nSPS) is 14.4. The van der Waals surface area contributed by atoms with E-state index < -0.39 is 0 Å². The fraction of sp³-hybridized carbons (Fsp3) is 1.00. The SMILES string of the molecule is CCCCC(CC)COCC(C)(C)C.